The molecule has 0 radical (unpaired) electrons. The third kappa shape index (κ3) is 4.18. The van der Waals surface area contributed by atoms with Crippen molar-refractivity contribution in [1.29, 1.82) is 0 Å². The highest BCUT2D eigenvalue weighted by molar-refractivity contribution is 7.19. The van der Waals surface area contributed by atoms with Crippen molar-refractivity contribution in [2.75, 3.05) is 52.5 Å². The van der Waals surface area contributed by atoms with Gasteiger partial charge in [0.05, 0.1) is 29.6 Å². The van der Waals surface area contributed by atoms with Gasteiger partial charge in [-0.05, 0) is 19.9 Å². The molecule has 154 valence electrons. The number of hydrogen-bond acceptors (Lipinski definition) is 8. The van der Waals surface area contributed by atoms with Crippen LogP contribution in [-0.4, -0.2) is 93.4 Å². The molecular weight excluding hydrogens is 398 g/mol. The minimum Gasteiger partial charge on any atom is -0.394 e. The van der Waals surface area contributed by atoms with Gasteiger partial charge in [-0.25, -0.2) is 9.97 Å². The van der Waals surface area contributed by atoms with E-state index >= 15 is 0 Å². The number of piperazine rings is 1. The molecule has 0 saturated carbocycles. The Morgan fingerprint density at radius 3 is 2.75 bits per heavy atom. The smallest absolute Gasteiger partial charge is 0.143 e. The predicted octanol–water partition coefficient (Wildman–Crippen LogP) is 1.98. The summed E-state index contributed by atoms with van der Waals surface area (Å²) in [4.78, 5) is 17.2. The van der Waals surface area contributed by atoms with Crippen molar-refractivity contribution in [3.63, 3.8) is 0 Å². The molecule has 0 amide bonds. The van der Waals surface area contributed by atoms with Crippen LogP contribution in [0.3, 0.4) is 0 Å². The largest absolute Gasteiger partial charge is 0.394 e. The molecule has 2 unspecified atom stereocenters. The summed E-state index contributed by atoms with van der Waals surface area (Å²) < 4.78 is 6.68. The summed E-state index contributed by atoms with van der Waals surface area (Å²) >= 11 is 8.08. The number of aromatic nitrogens is 2. The third-order valence-electron chi connectivity index (χ3n) is 5.77. The Morgan fingerprint density at radius 2 is 2.07 bits per heavy atom. The SMILES string of the molecule is CC(C)(CO)N1CCN(C(c2cc3ncncc3s2)N2CCOC(Cl)C2)CC1. The summed E-state index contributed by atoms with van der Waals surface area (Å²) in [5, 5.41) is 9.71. The van der Waals surface area contributed by atoms with Gasteiger partial charge in [-0.3, -0.25) is 14.7 Å². The first-order valence-corrected chi connectivity index (χ1v) is 11.0. The standard InChI is InChI=1S/C19H28ClN5O2S/c1-19(2,12-26)25-5-3-23(4-6-25)18(24-7-8-27-17(20)11-24)15-9-14-16(28-15)10-21-13-22-14/h9-10,13,17-18,26H,3-8,11-12H2,1-2H3. The first kappa shape index (κ1) is 20.4. The van der Waals surface area contributed by atoms with E-state index in [0.717, 1.165) is 42.9 Å². The zero-order valence-corrected chi connectivity index (χ0v) is 18.0. The molecule has 2 aromatic heterocycles. The number of hydrogen-bond donors (Lipinski definition) is 1. The normalized spacial score (nSPS) is 24.6. The fraction of sp³-hybridized carbons (Fsp3) is 0.684. The van der Waals surface area contributed by atoms with E-state index in [1.165, 1.54) is 4.88 Å². The minimum atomic E-state index is -0.278. The number of aliphatic hydroxyl groups is 1. The van der Waals surface area contributed by atoms with E-state index in [2.05, 4.69) is 44.6 Å². The maximum Gasteiger partial charge on any atom is 0.143 e. The molecule has 0 bridgehead atoms. The van der Waals surface area contributed by atoms with Crippen LogP contribution in [0.25, 0.3) is 10.2 Å². The molecule has 9 heteroatoms. The number of alkyl halides is 1. The summed E-state index contributed by atoms with van der Waals surface area (Å²) in [7, 11) is 0. The lowest BCUT2D eigenvalue weighted by Gasteiger charge is -2.48. The molecule has 2 atom stereocenters. The summed E-state index contributed by atoms with van der Waals surface area (Å²) in [6, 6.07) is 2.19. The molecule has 0 aliphatic carbocycles. The van der Waals surface area contributed by atoms with E-state index in [-0.39, 0.29) is 23.9 Å². The monoisotopic (exact) mass is 425 g/mol. The van der Waals surface area contributed by atoms with Gasteiger partial charge in [0.2, 0.25) is 0 Å². The lowest BCUT2D eigenvalue weighted by molar-refractivity contribution is -0.0698. The second kappa shape index (κ2) is 8.47. The van der Waals surface area contributed by atoms with E-state index in [1.54, 1.807) is 17.7 Å². The highest BCUT2D eigenvalue weighted by Gasteiger charge is 2.36. The quantitative estimate of drug-likeness (QED) is 0.734. The van der Waals surface area contributed by atoms with Gasteiger partial charge in [-0.2, -0.15) is 0 Å². The van der Waals surface area contributed by atoms with E-state index in [1.807, 2.05) is 6.20 Å². The Hall–Kier alpha value is -0.870. The van der Waals surface area contributed by atoms with Gasteiger partial charge in [-0.1, -0.05) is 11.6 Å². The van der Waals surface area contributed by atoms with Gasteiger partial charge in [-0.15, -0.1) is 11.3 Å². The molecule has 2 fully saturated rings. The van der Waals surface area contributed by atoms with Gasteiger partial charge in [0.1, 0.15) is 11.9 Å². The number of thiophene rings is 1. The van der Waals surface area contributed by atoms with Crippen molar-refractivity contribution in [3.05, 3.63) is 23.5 Å². The third-order valence-corrected chi connectivity index (χ3v) is 7.14. The Balaban J connectivity index is 1.59. The lowest BCUT2D eigenvalue weighted by Crippen LogP contribution is -2.58. The van der Waals surface area contributed by atoms with Gasteiger partial charge >= 0.3 is 0 Å². The maximum absolute atomic E-state index is 9.71. The van der Waals surface area contributed by atoms with Gasteiger partial charge in [0.25, 0.3) is 0 Å². The van der Waals surface area contributed by atoms with Crippen LogP contribution in [0.5, 0.6) is 0 Å². The van der Waals surface area contributed by atoms with Crippen LogP contribution in [0.4, 0.5) is 0 Å². The second-order valence-electron chi connectivity index (χ2n) is 8.06. The van der Waals surface area contributed by atoms with Crippen LogP contribution in [0.1, 0.15) is 24.9 Å². The molecule has 2 aromatic rings. The zero-order chi connectivity index (χ0) is 19.7. The summed E-state index contributed by atoms with van der Waals surface area (Å²) in [6.45, 7) is 10.3. The van der Waals surface area contributed by atoms with Gasteiger partial charge in [0, 0.05) is 55.9 Å². The number of nitrogens with zero attached hydrogens (tertiary/aromatic N) is 5. The molecule has 2 aliphatic heterocycles. The average Bonchev–Trinajstić information content (AvgIpc) is 3.12. The van der Waals surface area contributed by atoms with E-state index < -0.39 is 0 Å². The molecule has 2 saturated heterocycles. The van der Waals surface area contributed by atoms with Crippen molar-refractivity contribution in [2.45, 2.75) is 31.1 Å². The summed E-state index contributed by atoms with van der Waals surface area (Å²) in [6.07, 6.45) is 3.65. The number of fused-ring (bicyclic) bond motifs is 1. The second-order valence-corrected chi connectivity index (χ2v) is 9.67. The van der Waals surface area contributed by atoms with E-state index in [0.29, 0.717) is 13.2 Å². The minimum absolute atomic E-state index is 0.156. The number of rotatable bonds is 5. The number of halogens is 1. The highest BCUT2D eigenvalue weighted by atomic mass is 35.5. The van der Waals surface area contributed by atoms with Crippen molar-refractivity contribution in [1.82, 2.24) is 24.7 Å². The summed E-state index contributed by atoms with van der Waals surface area (Å²) in [5.74, 6) is 0. The predicted molar refractivity (Wildman–Crippen MR) is 112 cm³/mol. The van der Waals surface area contributed by atoms with Crippen molar-refractivity contribution < 1.29 is 9.84 Å². The lowest BCUT2D eigenvalue weighted by atomic mass is 10.0. The van der Waals surface area contributed by atoms with Crippen LogP contribution in [0.2, 0.25) is 0 Å². The molecule has 1 N–H and O–H groups in total. The summed E-state index contributed by atoms with van der Waals surface area (Å²) in [5.41, 5.74) is 0.533. The van der Waals surface area contributed by atoms with Gasteiger partial charge in [0.15, 0.2) is 0 Å². The van der Waals surface area contributed by atoms with Crippen molar-refractivity contribution in [3.8, 4) is 0 Å². The molecule has 0 spiro atoms. The molecule has 4 heterocycles. The molecule has 0 aromatic carbocycles. The topological polar surface area (TPSA) is 65.0 Å². The fourth-order valence-electron chi connectivity index (χ4n) is 4.04. The molecule has 7 nitrogen and oxygen atoms in total. The van der Waals surface area contributed by atoms with Crippen LogP contribution in [0.15, 0.2) is 18.6 Å². The zero-order valence-electron chi connectivity index (χ0n) is 16.4. The molecule has 4 rings (SSSR count). The van der Waals surface area contributed by atoms with Crippen LogP contribution in [0, 0.1) is 0 Å². The van der Waals surface area contributed by atoms with E-state index in [4.69, 9.17) is 16.3 Å². The number of aliphatic hydroxyl groups excluding tert-OH is 1. The van der Waals surface area contributed by atoms with Crippen molar-refractivity contribution >= 4 is 33.2 Å². The Morgan fingerprint density at radius 1 is 1.29 bits per heavy atom. The van der Waals surface area contributed by atoms with Gasteiger partial charge < -0.3 is 9.84 Å². The number of ether oxygens (including phenoxy) is 1. The maximum atomic E-state index is 9.71. The van der Waals surface area contributed by atoms with Crippen molar-refractivity contribution in [2.24, 2.45) is 0 Å². The van der Waals surface area contributed by atoms with Crippen LogP contribution >= 0.6 is 22.9 Å². The van der Waals surface area contributed by atoms with Crippen LogP contribution in [-0.2, 0) is 4.74 Å². The Bertz CT molecular complexity index is 762. The first-order chi connectivity index (χ1) is 13.5. The number of morpholine rings is 1. The average molecular weight is 426 g/mol. The van der Waals surface area contributed by atoms with Crippen LogP contribution < -0.4 is 0 Å². The first-order valence-electron chi connectivity index (χ1n) is 9.77. The Kier molecular flexibility index (Phi) is 6.17. The fourth-order valence-corrected chi connectivity index (χ4v) is 5.47. The molecule has 2 aliphatic rings. The Labute approximate surface area is 174 Å². The highest BCUT2D eigenvalue weighted by Crippen LogP contribution is 2.36. The molecular formula is C19H28ClN5O2S. The van der Waals surface area contributed by atoms with E-state index in [9.17, 15) is 5.11 Å². The molecule has 28 heavy (non-hydrogen) atoms.